The van der Waals surface area contributed by atoms with Crippen molar-refractivity contribution in [3.05, 3.63) is 17.5 Å². The Balaban J connectivity index is 2.47. The Hall–Kier alpha value is -0.500. The molecule has 0 aromatic carbocycles. The summed E-state index contributed by atoms with van der Waals surface area (Å²) in [6, 6.07) is 6.36. The quantitative estimate of drug-likeness (QED) is 0.778. The van der Waals surface area contributed by atoms with Crippen LogP contribution in [0, 0.1) is 11.3 Å². The van der Waals surface area contributed by atoms with Gasteiger partial charge in [-0.1, -0.05) is 6.07 Å². The molecular formula is C9H12N2S2. The molecule has 13 heavy (non-hydrogen) atoms. The van der Waals surface area contributed by atoms with Gasteiger partial charge in [-0.05, 0) is 25.4 Å². The molecule has 1 atom stereocenters. The van der Waals surface area contributed by atoms with Crippen LogP contribution in [0.1, 0.15) is 6.92 Å². The fourth-order valence-corrected chi connectivity index (χ4v) is 2.60. The molecule has 0 bridgehead atoms. The summed E-state index contributed by atoms with van der Waals surface area (Å²) in [7, 11) is 1.82. The topological polar surface area (TPSA) is 35.8 Å². The van der Waals surface area contributed by atoms with Gasteiger partial charge in [-0.3, -0.25) is 0 Å². The van der Waals surface area contributed by atoms with Gasteiger partial charge in [0.05, 0.1) is 10.3 Å². The number of hydrogen-bond donors (Lipinski definition) is 1. The number of hydrogen-bond acceptors (Lipinski definition) is 4. The molecular weight excluding hydrogens is 200 g/mol. The van der Waals surface area contributed by atoms with E-state index in [1.54, 1.807) is 23.1 Å². The highest BCUT2D eigenvalue weighted by atomic mass is 32.2. The van der Waals surface area contributed by atoms with Gasteiger partial charge in [0.25, 0.3) is 0 Å². The van der Waals surface area contributed by atoms with Crippen molar-refractivity contribution in [1.82, 2.24) is 5.32 Å². The fraction of sp³-hybridized carbons (Fsp3) is 0.444. The summed E-state index contributed by atoms with van der Waals surface area (Å²) >= 11 is 3.43. The SMILES string of the molecule is CNC(C)(C#N)CSc1cccs1. The molecule has 0 aliphatic rings. The molecule has 1 unspecified atom stereocenters. The lowest BCUT2D eigenvalue weighted by atomic mass is 10.1. The number of rotatable bonds is 4. The van der Waals surface area contributed by atoms with E-state index in [0.717, 1.165) is 5.75 Å². The van der Waals surface area contributed by atoms with Crippen molar-refractivity contribution in [2.24, 2.45) is 0 Å². The predicted octanol–water partition coefficient (Wildman–Crippen LogP) is 2.34. The molecule has 0 fully saturated rings. The summed E-state index contributed by atoms with van der Waals surface area (Å²) in [4.78, 5) is 0. The highest BCUT2D eigenvalue weighted by molar-refractivity contribution is 8.01. The second kappa shape index (κ2) is 4.66. The lowest BCUT2D eigenvalue weighted by molar-refractivity contribution is 0.550. The molecule has 1 aromatic heterocycles. The lowest BCUT2D eigenvalue weighted by Crippen LogP contribution is -2.40. The van der Waals surface area contributed by atoms with E-state index in [-0.39, 0.29) is 0 Å². The van der Waals surface area contributed by atoms with Gasteiger partial charge in [0.2, 0.25) is 0 Å². The van der Waals surface area contributed by atoms with Crippen LogP contribution in [0.25, 0.3) is 0 Å². The van der Waals surface area contributed by atoms with E-state index in [9.17, 15) is 0 Å². The van der Waals surface area contributed by atoms with Crippen molar-refractivity contribution in [3.8, 4) is 6.07 Å². The minimum Gasteiger partial charge on any atom is -0.302 e. The minimum atomic E-state index is -0.422. The second-order valence-corrected chi connectivity index (χ2v) is 5.14. The van der Waals surface area contributed by atoms with E-state index in [0.29, 0.717) is 0 Å². The molecule has 1 N–H and O–H groups in total. The monoisotopic (exact) mass is 212 g/mol. The minimum absolute atomic E-state index is 0.422. The predicted molar refractivity (Wildman–Crippen MR) is 58.1 cm³/mol. The maximum Gasteiger partial charge on any atom is 0.113 e. The summed E-state index contributed by atoms with van der Waals surface area (Å²) in [5.74, 6) is 0.778. The normalized spacial score (nSPS) is 14.8. The van der Waals surface area contributed by atoms with Crippen LogP contribution < -0.4 is 5.32 Å². The number of nitrogens with one attached hydrogen (secondary N) is 1. The van der Waals surface area contributed by atoms with E-state index in [4.69, 9.17) is 5.26 Å². The molecule has 70 valence electrons. The first-order valence-corrected chi connectivity index (χ1v) is 5.83. The summed E-state index contributed by atoms with van der Waals surface area (Å²) in [6.45, 7) is 1.91. The van der Waals surface area contributed by atoms with E-state index in [1.807, 2.05) is 25.4 Å². The molecule has 0 aliphatic heterocycles. The van der Waals surface area contributed by atoms with E-state index >= 15 is 0 Å². The molecule has 0 saturated carbocycles. The average molecular weight is 212 g/mol. The Morgan fingerprint density at radius 1 is 1.77 bits per heavy atom. The molecule has 1 aromatic rings. The van der Waals surface area contributed by atoms with Gasteiger partial charge >= 0.3 is 0 Å². The molecule has 0 amide bonds. The van der Waals surface area contributed by atoms with Crippen molar-refractivity contribution in [3.63, 3.8) is 0 Å². The third-order valence-corrected chi connectivity index (χ3v) is 4.24. The van der Waals surface area contributed by atoms with Crippen LogP contribution in [0.3, 0.4) is 0 Å². The maximum atomic E-state index is 8.89. The summed E-state index contributed by atoms with van der Waals surface area (Å²) in [6.07, 6.45) is 0. The van der Waals surface area contributed by atoms with E-state index in [1.165, 1.54) is 4.21 Å². The Kier molecular flexibility index (Phi) is 3.79. The van der Waals surface area contributed by atoms with Crippen molar-refractivity contribution in [1.29, 1.82) is 5.26 Å². The Morgan fingerprint density at radius 3 is 3.00 bits per heavy atom. The molecule has 0 radical (unpaired) electrons. The Bertz CT molecular complexity index is 289. The van der Waals surface area contributed by atoms with Gasteiger partial charge in [-0.15, -0.1) is 23.1 Å². The fourth-order valence-electron chi connectivity index (χ4n) is 0.721. The standard InChI is InChI=1S/C9H12N2S2/c1-9(6-10,11-2)7-13-8-4-3-5-12-8/h3-5,11H,7H2,1-2H3. The zero-order valence-electron chi connectivity index (χ0n) is 7.70. The Labute approximate surface area is 87.0 Å². The molecule has 1 rings (SSSR count). The number of nitrogens with zero attached hydrogens (tertiary/aromatic N) is 1. The molecule has 4 heteroatoms. The summed E-state index contributed by atoms with van der Waals surface area (Å²) in [5.41, 5.74) is -0.422. The molecule has 2 nitrogen and oxygen atoms in total. The zero-order chi connectivity index (χ0) is 9.73. The molecule has 0 saturated heterocycles. The van der Waals surface area contributed by atoms with Crippen LogP contribution in [-0.2, 0) is 0 Å². The van der Waals surface area contributed by atoms with Crippen LogP contribution in [-0.4, -0.2) is 18.3 Å². The third kappa shape index (κ3) is 3.03. The van der Waals surface area contributed by atoms with Gasteiger partial charge < -0.3 is 5.32 Å². The van der Waals surface area contributed by atoms with Crippen molar-refractivity contribution in [2.45, 2.75) is 16.7 Å². The van der Waals surface area contributed by atoms with Gasteiger partial charge in [-0.2, -0.15) is 5.26 Å². The smallest absolute Gasteiger partial charge is 0.113 e. The molecule has 0 spiro atoms. The number of thioether (sulfide) groups is 1. The highest BCUT2D eigenvalue weighted by Gasteiger charge is 2.21. The van der Waals surface area contributed by atoms with Gasteiger partial charge in [0.1, 0.15) is 5.54 Å². The van der Waals surface area contributed by atoms with Crippen molar-refractivity contribution < 1.29 is 0 Å². The van der Waals surface area contributed by atoms with Crippen molar-refractivity contribution in [2.75, 3.05) is 12.8 Å². The first-order valence-electron chi connectivity index (χ1n) is 3.97. The Morgan fingerprint density at radius 2 is 2.54 bits per heavy atom. The van der Waals surface area contributed by atoms with Gasteiger partial charge in [0.15, 0.2) is 0 Å². The first kappa shape index (κ1) is 10.6. The summed E-state index contributed by atoms with van der Waals surface area (Å²) < 4.78 is 1.26. The maximum absolute atomic E-state index is 8.89. The molecule has 1 heterocycles. The first-order chi connectivity index (χ1) is 6.20. The van der Waals surface area contributed by atoms with Crippen LogP contribution in [0.15, 0.2) is 21.7 Å². The molecule has 0 aliphatic carbocycles. The van der Waals surface area contributed by atoms with Crippen LogP contribution >= 0.6 is 23.1 Å². The van der Waals surface area contributed by atoms with Crippen LogP contribution in [0.4, 0.5) is 0 Å². The average Bonchev–Trinajstić information content (AvgIpc) is 2.67. The van der Waals surface area contributed by atoms with Gasteiger partial charge in [0, 0.05) is 5.75 Å². The van der Waals surface area contributed by atoms with E-state index < -0.39 is 5.54 Å². The zero-order valence-corrected chi connectivity index (χ0v) is 9.34. The lowest BCUT2D eigenvalue weighted by Gasteiger charge is -2.19. The number of thiophene rings is 1. The highest BCUT2D eigenvalue weighted by Crippen LogP contribution is 2.26. The summed E-state index contributed by atoms with van der Waals surface area (Å²) in [5, 5.41) is 14.0. The largest absolute Gasteiger partial charge is 0.302 e. The number of nitriles is 1. The second-order valence-electron chi connectivity index (χ2n) is 2.91. The van der Waals surface area contributed by atoms with Crippen LogP contribution in [0.5, 0.6) is 0 Å². The van der Waals surface area contributed by atoms with Crippen molar-refractivity contribution >= 4 is 23.1 Å². The van der Waals surface area contributed by atoms with Crippen LogP contribution in [0.2, 0.25) is 0 Å². The van der Waals surface area contributed by atoms with Gasteiger partial charge in [-0.25, -0.2) is 0 Å². The van der Waals surface area contributed by atoms with E-state index in [2.05, 4.69) is 17.5 Å². The third-order valence-electron chi connectivity index (χ3n) is 1.80.